The molecular formula is C14H27NO3S. The van der Waals surface area contributed by atoms with Crippen molar-refractivity contribution in [2.24, 2.45) is 0 Å². The van der Waals surface area contributed by atoms with Gasteiger partial charge in [-0.3, -0.25) is 4.21 Å². The summed E-state index contributed by atoms with van der Waals surface area (Å²) in [6.07, 6.45) is 7.01. The Hall–Kier alpha value is 0.0300. The molecule has 1 N–H and O–H groups in total. The first kappa shape index (κ1) is 15.4. The predicted octanol–water partition coefficient (Wildman–Crippen LogP) is 1.46. The zero-order valence-electron chi connectivity index (χ0n) is 12.2. The molecule has 1 spiro atoms. The summed E-state index contributed by atoms with van der Waals surface area (Å²) in [4.78, 5) is 0. The second kappa shape index (κ2) is 7.16. The summed E-state index contributed by atoms with van der Waals surface area (Å²) in [5.74, 6) is 0. The number of nitrogens with one attached hydrogen (secondary N) is 1. The van der Waals surface area contributed by atoms with Gasteiger partial charge in [0.25, 0.3) is 0 Å². The van der Waals surface area contributed by atoms with Gasteiger partial charge in [-0.15, -0.1) is 0 Å². The third-order valence-corrected chi connectivity index (χ3v) is 5.82. The van der Waals surface area contributed by atoms with Crippen LogP contribution in [0.3, 0.4) is 0 Å². The van der Waals surface area contributed by atoms with Crippen molar-refractivity contribution in [3.05, 3.63) is 0 Å². The van der Waals surface area contributed by atoms with E-state index in [4.69, 9.17) is 9.47 Å². The van der Waals surface area contributed by atoms with Crippen LogP contribution < -0.4 is 5.32 Å². The van der Waals surface area contributed by atoms with Gasteiger partial charge in [0, 0.05) is 48.2 Å². The highest BCUT2D eigenvalue weighted by Gasteiger charge is 2.38. The molecule has 0 aliphatic carbocycles. The molecule has 3 unspecified atom stereocenters. The molecule has 0 aromatic carbocycles. The lowest BCUT2D eigenvalue weighted by atomic mass is 9.84. The smallest absolute Gasteiger partial charge is 0.0741 e. The quantitative estimate of drug-likeness (QED) is 0.832. The molecule has 3 atom stereocenters. The summed E-state index contributed by atoms with van der Waals surface area (Å²) in [6.45, 7) is 5.53. The van der Waals surface area contributed by atoms with E-state index in [1.807, 2.05) is 0 Å². The topological polar surface area (TPSA) is 47.6 Å². The number of rotatable bonds is 5. The van der Waals surface area contributed by atoms with Crippen LogP contribution >= 0.6 is 0 Å². The predicted molar refractivity (Wildman–Crippen MR) is 77.9 cm³/mol. The average Bonchev–Trinajstić information content (AvgIpc) is 2.39. The lowest BCUT2D eigenvalue weighted by Gasteiger charge is -2.43. The van der Waals surface area contributed by atoms with Crippen molar-refractivity contribution in [2.45, 2.75) is 55.9 Å². The number of hydrogen-bond acceptors (Lipinski definition) is 4. The molecular weight excluding hydrogens is 262 g/mol. The largest absolute Gasteiger partial charge is 0.381 e. The van der Waals surface area contributed by atoms with Gasteiger partial charge in [0.15, 0.2) is 0 Å². The van der Waals surface area contributed by atoms with Crippen LogP contribution in [0.5, 0.6) is 0 Å². The van der Waals surface area contributed by atoms with Gasteiger partial charge in [-0.2, -0.15) is 0 Å². The normalized spacial score (nSPS) is 30.1. The maximum Gasteiger partial charge on any atom is 0.0741 e. The van der Waals surface area contributed by atoms with E-state index < -0.39 is 10.8 Å². The van der Waals surface area contributed by atoms with Gasteiger partial charge in [0.1, 0.15) is 0 Å². The Morgan fingerprint density at radius 3 is 2.79 bits per heavy atom. The van der Waals surface area contributed by atoms with Gasteiger partial charge < -0.3 is 14.8 Å². The van der Waals surface area contributed by atoms with Gasteiger partial charge in [0.2, 0.25) is 0 Å². The van der Waals surface area contributed by atoms with E-state index in [0.717, 1.165) is 58.5 Å². The van der Waals surface area contributed by atoms with Gasteiger partial charge in [-0.05, 0) is 38.6 Å². The monoisotopic (exact) mass is 289 g/mol. The highest BCUT2D eigenvalue weighted by molar-refractivity contribution is 7.84. The summed E-state index contributed by atoms with van der Waals surface area (Å²) >= 11 is 0. The van der Waals surface area contributed by atoms with E-state index >= 15 is 0 Å². The zero-order chi connectivity index (χ0) is 13.7. The van der Waals surface area contributed by atoms with Crippen molar-refractivity contribution in [2.75, 3.05) is 32.6 Å². The van der Waals surface area contributed by atoms with E-state index in [1.54, 1.807) is 6.26 Å². The zero-order valence-corrected chi connectivity index (χ0v) is 13.0. The SMILES string of the molecule is CC(CCNC1CCOC2(CCOCC2)C1)S(C)=O. The standard InChI is InChI=1S/C14H27NO3S/c1-12(19(2)16)3-7-15-13-4-8-18-14(11-13)5-9-17-10-6-14/h12-13,15H,3-11H2,1-2H3. The van der Waals surface area contributed by atoms with E-state index in [9.17, 15) is 4.21 Å². The molecule has 112 valence electrons. The first-order valence-corrected chi connectivity index (χ1v) is 9.01. The van der Waals surface area contributed by atoms with E-state index in [-0.39, 0.29) is 10.9 Å². The minimum atomic E-state index is -0.709. The van der Waals surface area contributed by atoms with Crippen LogP contribution in [0.15, 0.2) is 0 Å². The maximum atomic E-state index is 11.3. The molecule has 2 aliphatic heterocycles. The summed E-state index contributed by atoms with van der Waals surface area (Å²) in [5.41, 5.74) is 0.0629. The van der Waals surface area contributed by atoms with Crippen LogP contribution in [0, 0.1) is 0 Å². The Bertz CT molecular complexity index is 300. The average molecular weight is 289 g/mol. The molecule has 2 rings (SSSR count). The Morgan fingerprint density at radius 1 is 1.37 bits per heavy atom. The molecule has 4 nitrogen and oxygen atoms in total. The Kier molecular flexibility index (Phi) is 5.81. The van der Waals surface area contributed by atoms with Crippen LogP contribution in [0.2, 0.25) is 0 Å². The minimum absolute atomic E-state index is 0.0629. The van der Waals surface area contributed by atoms with Gasteiger partial charge in [-0.1, -0.05) is 6.92 Å². The fourth-order valence-electron chi connectivity index (χ4n) is 2.95. The lowest BCUT2D eigenvalue weighted by molar-refractivity contribution is -0.140. The van der Waals surface area contributed by atoms with Crippen molar-refractivity contribution in [3.8, 4) is 0 Å². The molecule has 0 saturated carbocycles. The first-order valence-electron chi connectivity index (χ1n) is 7.39. The highest BCUT2D eigenvalue weighted by Crippen LogP contribution is 2.34. The second-order valence-corrected chi connectivity index (χ2v) is 7.69. The molecule has 2 fully saturated rings. The van der Waals surface area contributed by atoms with Crippen molar-refractivity contribution in [3.63, 3.8) is 0 Å². The first-order chi connectivity index (χ1) is 9.11. The molecule has 0 aromatic heterocycles. The summed E-state index contributed by atoms with van der Waals surface area (Å²) < 4.78 is 22.8. The van der Waals surface area contributed by atoms with E-state index in [1.165, 1.54) is 0 Å². The minimum Gasteiger partial charge on any atom is -0.381 e. The van der Waals surface area contributed by atoms with Crippen molar-refractivity contribution >= 4 is 10.8 Å². The lowest BCUT2D eigenvalue weighted by Crippen LogP contribution is -2.50. The van der Waals surface area contributed by atoms with E-state index in [0.29, 0.717) is 6.04 Å². The molecule has 2 saturated heterocycles. The third-order valence-electron chi connectivity index (χ3n) is 4.45. The molecule has 0 radical (unpaired) electrons. The molecule has 2 aliphatic rings. The molecule has 5 heteroatoms. The fourth-order valence-corrected chi connectivity index (χ4v) is 3.40. The Balaban J connectivity index is 1.73. The maximum absolute atomic E-state index is 11.3. The van der Waals surface area contributed by atoms with Gasteiger partial charge in [0.05, 0.1) is 5.60 Å². The summed E-state index contributed by atoms with van der Waals surface area (Å²) in [6, 6.07) is 0.546. The number of ether oxygens (including phenoxy) is 2. The molecule has 2 heterocycles. The fraction of sp³-hybridized carbons (Fsp3) is 1.00. The van der Waals surface area contributed by atoms with Crippen LogP contribution in [-0.4, -0.2) is 53.7 Å². The van der Waals surface area contributed by atoms with E-state index in [2.05, 4.69) is 12.2 Å². The van der Waals surface area contributed by atoms with Gasteiger partial charge in [-0.25, -0.2) is 0 Å². The van der Waals surface area contributed by atoms with Crippen LogP contribution in [0.4, 0.5) is 0 Å². The van der Waals surface area contributed by atoms with Crippen molar-refractivity contribution in [1.29, 1.82) is 0 Å². The summed E-state index contributed by atoms with van der Waals surface area (Å²) in [7, 11) is -0.709. The summed E-state index contributed by atoms with van der Waals surface area (Å²) in [5, 5.41) is 3.91. The third kappa shape index (κ3) is 4.52. The van der Waals surface area contributed by atoms with Crippen LogP contribution in [0.25, 0.3) is 0 Å². The van der Waals surface area contributed by atoms with Crippen LogP contribution in [-0.2, 0) is 20.3 Å². The molecule has 0 bridgehead atoms. The highest BCUT2D eigenvalue weighted by atomic mass is 32.2. The Morgan fingerprint density at radius 2 is 2.11 bits per heavy atom. The molecule has 0 amide bonds. The van der Waals surface area contributed by atoms with Crippen molar-refractivity contribution in [1.82, 2.24) is 5.32 Å². The van der Waals surface area contributed by atoms with Crippen molar-refractivity contribution < 1.29 is 13.7 Å². The van der Waals surface area contributed by atoms with Gasteiger partial charge >= 0.3 is 0 Å². The second-order valence-electron chi connectivity index (χ2n) is 5.89. The molecule has 0 aromatic rings. The van der Waals surface area contributed by atoms with Crippen LogP contribution in [0.1, 0.15) is 39.0 Å². The number of hydrogen-bond donors (Lipinski definition) is 1. The molecule has 19 heavy (non-hydrogen) atoms. The Labute approximate surface area is 119 Å².